The molecule has 2 N–H and O–H groups in total. The van der Waals surface area contributed by atoms with Crippen molar-refractivity contribution in [2.75, 3.05) is 44.7 Å². The van der Waals surface area contributed by atoms with Crippen molar-refractivity contribution in [3.05, 3.63) is 101 Å². The lowest BCUT2D eigenvalue weighted by molar-refractivity contribution is 0.0383. The molecule has 186 valence electrons. The Bertz CT molecular complexity index is 1230. The van der Waals surface area contributed by atoms with E-state index in [1.54, 1.807) is 29.2 Å². The van der Waals surface area contributed by atoms with Crippen LogP contribution in [0.2, 0.25) is 0 Å². The van der Waals surface area contributed by atoms with Gasteiger partial charge in [-0.15, -0.1) is 0 Å². The summed E-state index contributed by atoms with van der Waals surface area (Å²) in [5, 5.41) is 6.43. The molecule has 0 spiro atoms. The summed E-state index contributed by atoms with van der Waals surface area (Å²) < 4.78 is 18.8. The number of anilines is 1. The van der Waals surface area contributed by atoms with Gasteiger partial charge in [0.25, 0.3) is 11.8 Å². The molecule has 0 bridgehead atoms. The molecule has 2 aliphatic heterocycles. The summed E-state index contributed by atoms with van der Waals surface area (Å²) in [6.45, 7) is 4.89. The Labute approximate surface area is 209 Å². The van der Waals surface area contributed by atoms with Crippen LogP contribution < -0.4 is 10.6 Å². The van der Waals surface area contributed by atoms with Gasteiger partial charge in [-0.25, -0.2) is 4.39 Å². The normalized spacial score (nSPS) is 17.6. The highest BCUT2D eigenvalue weighted by molar-refractivity contribution is 5.99. The standard InChI is InChI=1S/C28H29FN4O3/c29-22-10-8-20(9-11-22)19-33-26(24-6-1-2-7-25(24)28(33)35)31-23-5-3-4-21(18-23)27(34)30-12-13-32-14-16-36-17-15-32/h1-11,18,26,31H,12-17,19H2,(H,30,34). The number of benzene rings is 3. The number of nitrogens with zero attached hydrogens (tertiary/aromatic N) is 2. The third-order valence-electron chi connectivity index (χ3n) is 6.57. The SMILES string of the molecule is O=C(NCCN1CCOCC1)c1cccc(NC2c3ccccc3C(=O)N2Cc2ccc(F)cc2)c1. The van der Waals surface area contributed by atoms with E-state index in [1.165, 1.54) is 12.1 Å². The van der Waals surface area contributed by atoms with E-state index in [4.69, 9.17) is 4.74 Å². The molecule has 2 aliphatic rings. The first-order valence-electron chi connectivity index (χ1n) is 12.2. The summed E-state index contributed by atoms with van der Waals surface area (Å²) >= 11 is 0. The molecule has 1 atom stereocenters. The van der Waals surface area contributed by atoms with Crippen LogP contribution in [0.4, 0.5) is 10.1 Å². The molecule has 7 nitrogen and oxygen atoms in total. The summed E-state index contributed by atoms with van der Waals surface area (Å²) in [6, 6.07) is 20.9. The third kappa shape index (κ3) is 5.40. The number of carbonyl (C=O) groups excluding carboxylic acids is 2. The first-order valence-corrected chi connectivity index (χ1v) is 12.2. The number of ether oxygens (including phenoxy) is 1. The van der Waals surface area contributed by atoms with Crippen molar-refractivity contribution in [2.24, 2.45) is 0 Å². The van der Waals surface area contributed by atoms with Gasteiger partial charge in [0.05, 0.1) is 13.2 Å². The Kier molecular flexibility index (Phi) is 7.25. The van der Waals surface area contributed by atoms with Gasteiger partial charge in [0.2, 0.25) is 0 Å². The fourth-order valence-corrected chi connectivity index (χ4v) is 4.64. The monoisotopic (exact) mass is 488 g/mol. The molecule has 3 aromatic rings. The average molecular weight is 489 g/mol. The molecule has 36 heavy (non-hydrogen) atoms. The van der Waals surface area contributed by atoms with Crippen molar-refractivity contribution in [2.45, 2.75) is 12.7 Å². The first kappa shape index (κ1) is 24.0. The minimum Gasteiger partial charge on any atom is -0.379 e. The molecule has 0 saturated carbocycles. The van der Waals surface area contributed by atoms with Crippen LogP contribution in [0.25, 0.3) is 0 Å². The van der Waals surface area contributed by atoms with Crippen molar-refractivity contribution >= 4 is 17.5 Å². The molecular weight excluding hydrogens is 459 g/mol. The fraction of sp³-hybridized carbons (Fsp3) is 0.286. The van der Waals surface area contributed by atoms with Crippen LogP contribution in [0, 0.1) is 5.82 Å². The zero-order valence-corrected chi connectivity index (χ0v) is 20.0. The number of halogens is 1. The van der Waals surface area contributed by atoms with Gasteiger partial charge in [0, 0.05) is 55.1 Å². The van der Waals surface area contributed by atoms with Gasteiger partial charge in [0.15, 0.2) is 0 Å². The molecule has 0 radical (unpaired) electrons. The van der Waals surface area contributed by atoms with Crippen molar-refractivity contribution in [1.29, 1.82) is 0 Å². The summed E-state index contributed by atoms with van der Waals surface area (Å²) in [5.74, 6) is -0.549. The van der Waals surface area contributed by atoms with Crippen molar-refractivity contribution < 1.29 is 18.7 Å². The molecule has 2 heterocycles. The number of hydrogen-bond acceptors (Lipinski definition) is 5. The second-order valence-corrected chi connectivity index (χ2v) is 8.98. The molecule has 3 aromatic carbocycles. The van der Waals surface area contributed by atoms with Crippen LogP contribution in [0.3, 0.4) is 0 Å². The smallest absolute Gasteiger partial charge is 0.256 e. The highest BCUT2D eigenvalue weighted by atomic mass is 19.1. The Hall–Kier alpha value is -3.75. The van der Waals surface area contributed by atoms with E-state index in [9.17, 15) is 14.0 Å². The molecule has 1 fully saturated rings. The summed E-state index contributed by atoms with van der Waals surface area (Å²) in [7, 11) is 0. The van der Waals surface area contributed by atoms with E-state index < -0.39 is 6.17 Å². The highest BCUT2D eigenvalue weighted by Gasteiger charge is 2.36. The number of amides is 2. The van der Waals surface area contributed by atoms with Crippen LogP contribution >= 0.6 is 0 Å². The Morgan fingerprint density at radius 1 is 1.00 bits per heavy atom. The average Bonchev–Trinajstić information content (AvgIpc) is 3.17. The van der Waals surface area contributed by atoms with Gasteiger partial charge in [-0.05, 0) is 42.0 Å². The fourth-order valence-electron chi connectivity index (χ4n) is 4.64. The molecule has 5 rings (SSSR count). The van der Waals surface area contributed by atoms with Crippen LogP contribution in [0.15, 0.2) is 72.8 Å². The predicted molar refractivity (Wildman–Crippen MR) is 135 cm³/mol. The molecule has 2 amide bonds. The summed E-state index contributed by atoms with van der Waals surface area (Å²) in [4.78, 5) is 30.0. The second-order valence-electron chi connectivity index (χ2n) is 8.98. The maximum atomic E-state index is 13.4. The van der Waals surface area contributed by atoms with E-state index in [0.717, 1.165) is 49.7 Å². The lowest BCUT2D eigenvalue weighted by atomic mass is 10.1. The van der Waals surface area contributed by atoms with Crippen LogP contribution in [-0.2, 0) is 11.3 Å². The molecule has 8 heteroatoms. The van der Waals surface area contributed by atoms with Crippen molar-refractivity contribution in [1.82, 2.24) is 15.1 Å². The van der Waals surface area contributed by atoms with Crippen molar-refractivity contribution in [3.63, 3.8) is 0 Å². The second kappa shape index (κ2) is 10.9. The van der Waals surface area contributed by atoms with Gasteiger partial charge in [-0.3, -0.25) is 14.5 Å². The van der Waals surface area contributed by atoms with E-state index in [0.29, 0.717) is 24.2 Å². The molecular formula is C28H29FN4O3. The van der Waals surface area contributed by atoms with Gasteiger partial charge >= 0.3 is 0 Å². The zero-order valence-electron chi connectivity index (χ0n) is 20.0. The zero-order chi connectivity index (χ0) is 24.9. The maximum absolute atomic E-state index is 13.4. The predicted octanol–water partition coefficient (Wildman–Crippen LogP) is 3.65. The maximum Gasteiger partial charge on any atom is 0.256 e. The number of morpholine rings is 1. The molecule has 1 saturated heterocycles. The Balaban J connectivity index is 1.29. The number of hydrogen-bond donors (Lipinski definition) is 2. The van der Waals surface area contributed by atoms with Crippen LogP contribution in [-0.4, -0.2) is 61.0 Å². The van der Waals surface area contributed by atoms with Gasteiger partial charge in [0.1, 0.15) is 12.0 Å². The lowest BCUT2D eigenvalue weighted by Crippen LogP contribution is -2.41. The van der Waals surface area contributed by atoms with Crippen LogP contribution in [0.1, 0.15) is 38.0 Å². The number of nitrogens with one attached hydrogen (secondary N) is 2. The minimum atomic E-state index is -0.418. The Morgan fingerprint density at radius 3 is 2.58 bits per heavy atom. The van der Waals surface area contributed by atoms with E-state index in [1.807, 2.05) is 36.4 Å². The largest absolute Gasteiger partial charge is 0.379 e. The molecule has 0 aliphatic carbocycles. The quantitative estimate of drug-likeness (QED) is 0.506. The van der Waals surface area contributed by atoms with E-state index >= 15 is 0 Å². The highest BCUT2D eigenvalue weighted by Crippen LogP contribution is 2.35. The molecule has 0 aromatic heterocycles. The number of carbonyl (C=O) groups is 2. The first-order chi connectivity index (χ1) is 17.6. The summed E-state index contributed by atoms with van der Waals surface area (Å²) in [5.41, 5.74) is 3.61. The number of fused-ring (bicyclic) bond motifs is 1. The van der Waals surface area contributed by atoms with Gasteiger partial charge < -0.3 is 20.3 Å². The van der Waals surface area contributed by atoms with Gasteiger partial charge in [-0.2, -0.15) is 0 Å². The molecule has 1 unspecified atom stereocenters. The third-order valence-corrected chi connectivity index (χ3v) is 6.57. The van der Waals surface area contributed by atoms with E-state index in [2.05, 4.69) is 15.5 Å². The minimum absolute atomic E-state index is 0.0931. The Morgan fingerprint density at radius 2 is 1.78 bits per heavy atom. The topological polar surface area (TPSA) is 73.9 Å². The lowest BCUT2D eigenvalue weighted by Gasteiger charge is -2.27. The van der Waals surface area contributed by atoms with Gasteiger partial charge in [-0.1, -0.05) is 36.4 Å². The van der Waals surface area contributed by atoms with E-state index in [-0.39, 0.29) is 17.6 Å². The van der Waals surface area contributed by atoms with Crippen molar-refractivity contribution in [3.8, 4) is 0 Å². The number of rotatable bonds is 8. The summed E-state index contributed by atoms with van der Waals surface area (Å²) in [6.07, 6.45) is -0.418. The van der Waals surface area contributed by atoms with Crippen LogP contribution in [0.5, 0.6) is 0 Å².